The minimum Gasteiger partial charge on any atom is -0.437 e. The molecule has 0 aliphatic carbocycles. The van der Waals surface area contributed by atoms with Crippen molar-refractivity contribution in [1.29, 1.82) is 0 Å². The summed E-state index contributed by atoms with van der Waals surface area (Å²) < 4.78 is 7.11. The lowest BCUT2D eigenvalue weighted by Gasteiger charge is -2.04. The first kappa shape index (κ1) is 15.7. The predicted octanol–water partition coefficient (Wildman–Crippen LogP) is 2.67. The highest BCUT2D eigenvalue weighted by Crippen LogP contribution is 2.20. The second-order valence-corrected chi connectivity index (χ2v) is 5.55. The van der Waals surface area contributed by atoms with Crippen LogP contribution >= 0.6 is 0 Å². The number of nitrogens with one attached hydrogen (secondary N) is 1. The molecule has 8 nitrogen and oxygen atoms in total. The molecule has 0 spiro atoms. The number of para-hydroxylation sites is 2. The van der Waals surface area contributed by atoms with Gasteiger partial charge in [-0.2, -0.15) is 0 Å². The van der Waals surface area contributed by atoms with Gasteiger partial charge in [-0.1, -0.05) is 24.3 Å². The van der Waals surface area contributed by atoms with Crippen molar-refractivity contribution in [1.82, 2.24) is 25.2 Å². The zero-order chi connectivity index (χ0) is 17.9. The van der Waals surface area contributed by atoms with Crippen LogP contribution in [0, 0.1) is 0 Å². The van der Waals surface area contributed by atoms with E-state index in [0.29, 0.717) is 23.0 Å². The topological polar surface area (TPSA) is 98.7 Å². The highest BCUT2D eigenvalue weighted by Gasteiger charge is 2.07. The first-order chi connectivity index (χ1) is 12.7. The molecule has 0 atom stereocenters. The third-order valence-corrected chi connectivity index (χ3v) is 3.70. The summed E-state index contributed by atoms with van der Waals surface area (Å²) in [5, 5.41) is 14.2. The van der Waals surface area contributed by atoms with Gasteiger partial charge in [-0.3, -0.25) is 4.79 Å². The summed E-state index contributed by atoms with van der Waals surface area (Å²) in [6.45, 7) is 0. The Balaban J connectivity index is 1.48. The van der Waals surface area contributed by atoms with Crippen LogP contribution in [-0.2, 0) is 11.8 Å². The number of tetrazole rings is 1. The highest BCUT2D eigenvalue weighted by atomic mass is 16.3. The van der Waals surface area contributed by atoms with Gasteiger partial charge >= 0.3 is 0 Å². The van der Waals surface area contributed by atoms with Crippen molar-refractivity contribution < 1.29 is 9.21 Å². The number of oxazole rings is 1. The number of hydrogen-bond acceptors (Lipinski definition) is 6. The first-order valence-corrected chi connectivity index (χ1v) is 7.86. The van der Waals surface area contributed by atoms with E-state index in [1.54, 1.807) is 23.9 Å². The molecule has 0 saturated carbocycles. The number of rotatable bonds is 4. The Bertz CT molecular complexity index is 1080. The number of carbonyl (C=O) groups excluding carboxylic acids is 1. The number of benzene rings is 2. The number of amides is 1. The normalized spacial score (nSPS) is 11.3. The zero-order valence-corrected chi connectivity index (χ0v) is 13.8. The molecule has 0 radical (unpaired) electrons. The number of fused-ring (bicyclic) bond motifs is 1. The van der Waals surface area contributed by atoms with E-state index < -0.39 is 0 Å². The van der Waals surface area contributed by atoms with Gasteiger partial charge in [-0.25, -0.2) is 9.67 Å². The smallest absolute Gasteiger partial charge is 0.248 e. The van der Waals surface area contributed by atoms with E-state index in [-0.39, 0.29) is 5.91 Å². The molecule has 2 aromatic heterocycles. The van der Waals surface area contributed by atoms with Gasteiger partial charge in [0.1, 0.15) is 5.52 Å². The maximum atomic E-state index is 12.2. The first-order valence-electron chi connectivity index (χ1n) is 7.86. The number of anilines is 1. The molecule has 128 valence electrons. The van der Waals surface area contributed by atoms with Gasteiger partial charge in [0.2, 0.25) is 11.8 Å². The molecule has 1 amide bonds. The molecule has 0 unspecified atom stereocenters. The molecule has 0 aliphatic heterocycles. The Labute approximate surface area is 148 Å². The number of aryl methyl sites for hydroxylation is 1. The Morgan fingerprint density at radius 2 is 2.08 bits per heavy atom. The van der Waals surface area contributed by atoms with Crippen molar-refractivity contribution in [3.8, 4) is 11.4 Å². The number of nitrogens with zero attached hydrogens (tertiary/aromatic N) is 5. The number of aromatic nitrogens is 5. The Kier molecular flexibility index (Phi) is 3.98. The second-order valence-electron chi connectivity index (χ2n) is 5.55. The Morgan fingerprint density at radius 1 is 1.19 bits per heavy atom. The number of hydrogen-bond donors (Lipinski definition) is 1. The van der Waals surface area contributed by atoms with Crippen LogP contribution in [-0.4, -0.2) is 31.1 Å². The van der Waals surface area contributed by atoms with Crippen LogP contribution in [0.15, 0.2) is 59.0 Å². The van der Waals surface area contributed by atoms with E-state index in [4.69, 9.17) is 4.42 Å². The standard InChI is InChI=1S/C18H14N6O2/c1-24-18(21-22-23-24)12-5-4-6-13(11-12)19-16(25)9-10-17-20-14-7-2-3-8-15(14)26-17/h2-11H,1H3,(H,19,25)/b10-9+. The van der Waals surface area contributed by atoms with Crippen molar-refractivity contribution in [2.45, 2.75) is 0 Å². The molecule has 8 heteroatoms. The van der Waals surface area contributed by atoms with Gasteiger partial charge in [-0.15, -0.1) is 5.10 Å². The monoisotopic (exact) mass is 346 g/mol. The zero-order valence-electron chi connectivity index (χ0n) is 13.8. The molecular formula is C18H14N6O2. The minimum absolute atomic E-state index is 0.291. The summed E-state index contributed by atoms with van der Waals surface area (Å²) in [6.07, 6.45) is 2.91. The molecule has 0 bridgehead atoms. The predicted molar refractivity (Wildman–Crippen MR) is 95.9 cm³/mol. The van der Waals surface area contributed by atoms with Gasteiger partial charge < -0.3 is 9.73 Å². The molecular weight excluding hydrogens is 332 g/mol. The average molecular weight is 346 g/mol. The van der Waals surface area contributed by atoms with E-state index in [0.717, 1.165) is 11.1 Å². The fourth-order valence-corrected chi connectivity index (χ4v) is 2.50. The van der Waals surface area contributed by atoms with Crippen LogP contribution < -0.4 is 5.32 Å². The molecule has 0 saturated heterocycles. The van der Waals surface area contributed by atoms with Crippen molar-refractivity contribution in [3.05, 3.63) is 60.5 Å². The van der Waals surface area contributed by atoms with Crippen LogP contribution in [0.5, 0.6) is 0 Å². The lowest BCUT2D eigenvalue weighted by molar-refractivity contribution is -0.111. The fourth-order valence-electron chi connectivity index (χ4n) is 2.50. The van der Waals surface area contributed by atoms with E-state index >= 15 is 0 Å². The lowest BCUT2D eigenvalue weighted by atomic mass is 10.2. The van der Waals surface area contributed by atoms with Crippen molar-refractivity contribution in [2.24, 2.45) is 7.05 Å². The average Bonchev–Trinajstić information content (AvgIpc) is 3.25. The maximum Gasteiger partial charge on any atom is 0.248 e. The molecule has 0 fully saturated rings. The van der Waals surface area contributed by atoms with Crippen LogP contribution in [0.3, 0.4) is 0 Å². The number of carbonyl (C=O) groups is 1. The SMILES string of the molecule is Cn1nnnc1-c1cccc(NC(=O)/C=C/c2nc3ccccc3o2)c1. The van der Waals surface area contributed by atoms with E-state index in [2.05, 4.69) is 25.8 Å². The molecule has 26 heavy (non-hydrogen) atoms. The third kappa shape index (κ3) is 3.20. The van der Waals surface area contributed by atoms with E-state index in [1.807, 2.05) is 36.4 Å². The second kappa shape index (κ2) is 6.60. The van der Waals surface area contributed by atoms with Crippen molar-refractivity contribution >= 4 is 28.8 Å². The van der Waals surface area contributed by atoms with Gasteiger partial charge in [-0.05, 0) is 34.7 Å². The van der Waals surface area contributed by atoms with Gasteiger partial charge in [0.25, 0.3) is 0 Å². The quantitative estimate of drug-likeness (QED) is 0.570. The lowest BCUT2D eigenvalue weighted by Crippen LogP contribution is -2.07. The van der Waals surface area contributed by atoms with Crippen LogP contribution in [0.25, 0.3) is 28.6 Å². The van der Waals surface area contributed by atoms with Crippen LogP contribution in [0.2, 0.25) is 0 Å². The van der Waals surface area contributed by atoms with Crippen molar-refractivity contribution in [2.75, 3.05) is 5.32 Å². The van der Waals surface area contributed by atoms with E-state index in [1.165, 1.54) is 12.2 Å². The van der Waals surface area contributed by atoms with Gasteiger partial charge in [0, 0.05) is 30.5 Å². The minimum atomic E-state index is -0.291. The van der Waals surface area contributed by atoms with Gasteiger partial charge in [0.15, 0.2) is 11.4 Å². The van der Waals surface area contributed by atoms with Gasteiger partial charge in [0.05, 0.1) is 0 Å². The summed E-state index contributed by atoms with van der Waals surface area (Å²) in [4.78, 5) is 16.4. The van der Waals surface area contributed by atoms with Crippen molar-refractivity contribution in [3.63, 3.8) is 0 Å². The highest BCUT2D eigenvalue weighted by molar-refractivity contribution is 6.02. The van der Waals surface area contributed by atoms with E-state index in [9.17, 15) is 4.79 Å². The summed E-state index contributed by atoms with van der Waals surface area (Å²) in [7, 11) is 1.75. The molecule has 4 aromatic rings. The third-order valence-electron chi connectivity index (χ3n) is 3.70. The summed E-state index contributed by atoms with van der Waals surface area (Å²) >= 11 is 0. The molecule has 4 rings (SSSR count). The molecule has 2 aromatic carbocycles. The summed E-state index contributed by atoms with van der Waals surface area (Å²) in [6, 6.07) is 14.7. The molecule has 0 aliphatic rings. The maximum absolute atomic E-state index is 12.2. The Hall–Kier alpha value is -3.81. The summed E-state index contributed by atoms with van der Waals surface area (Å²) in [5.74, 6) is 0.698. The van der Waals surface area contributed by atoms with Crippen LogP contribution in [0.1, 0.15) is 5.89 Å². The largest absolute Gasteiger partial charge is 0.437 e. The summed E-state index contributed by atoms with van der Waals surface area (Å²) in [5.41, 5.74) is 2.87. The Morgan fingerprint density at radius 3 is 2.88 bits per heavy atom. The fraction of sp³-hybridized carbons (Fsp3) is 0.0556. The van der Waals surface area contributed by atoms with Crippen LogP contribution in [0.4, 0.5) is 5.69 Å². The molecule has 1 N–H and O–H groups in total. The molecule has 2 heterocycles.